The second-order valence-electron chi connectivity index (χ2n) is 4.73. The van der Waals surface area contributed by atoms with Crippen LogP contribution < -0.4 is 0 Å². The molecule has 0 spiro atoms. The summed E-state index contributed by atoms with van der Waals surface area (Å²) in [5, 5.41) is 0. The van der Waals surface area contributed by atoms with Gasteiger partial charge in [0.15, 0.2) is 5.60 Å². The van der Waals surface area contributed by atoms with E-state index in [4.69, 9.17) is 4.74 Å². The normalized spacial score (nSPS) is 10.9. The van der Waals surface area contributed by atoms with Gasteiger partial charge in [0.05, 0.1) is 0 Å². The molecule has 2 aromatic rings. The zero-order chi connectivity index (χ0) is 14.6. The van der Waals surface area contributed by atoms with Gasteiger partial charge in [0, 0.05) is 23.6 Å². The molecule has 0 saturated heterocycles. The molecule has 0 saturated carbocycles. The van der Waals surface area contributed by atoms with E-state index in [9.17, 15) is 4.79 Å². The quantitative estimate of drug-likeness (QED) is 0.619. The van der Waals surface area contributed by atoms with Crippen molar-refractivity contribution in [1.82, 2.24) is 0 Å². The van der Waals surface area contributed by atoms with E-state index in [1.165, 1.54) is 0 Å². The molecule has 0 bridgehead atoms. The van der Waals surface area contributed by atoms with E-state index in [1.54, 1.807) is 6.92 Å². The molecule has 2 aromatic carbocycles. The second-order valence-corrected chi connectivity index (χ2v) is 4.73. The summed E-state index contributed by atoms with van der Waals surface area (Å²) < 4.78 is 5.62. The third-order valence-electron chi connectivity index (χ3n) is 3.10. The van der Waals surface area contributed by atoms with Gasteiger partial charge in [0.2, 0.25) is 0 Å². The molecule has 0 aliphatic rings. The maximum Gasteiger partial charge on any atom is 0.334 e. The van der Waals surface area contributed by atoms with Gasteiger partial charge >= 0.3 is 5.97 Å². The summed E-state index contributed by atoms with van der Waals surface area (Å²) in [5.74, 6) is -0.451. The molecule has 0 aliphatic heterocycles. The Labute approximate surface area is 119 Å². The number of benzene rings is 2. The van der Waals surface area contributed by atoms with Gasteiger partial charge in [-0.3, -0.25) is 0 Å². The molecule has 0 atom stereocenters. The average molecular weight is 265 g/mol. The van der Waals surface area contributed by atoms with Crippen LogP contribution in [0.4, 0.5) is 0 Å². The van der Waals surface area contributed by atoms with Crippen LogP contribution in [0.2, 0.25) is 0 Å². The highest BCUT2D eigenvalue weighted by Gasteiger charge is 2.33. The van der Waals surface area contributed by atoms with Crippen LogP contribution in [0.1, 0.15) is 18.1 Å². The van der Waals surface area contributed by atoms with Crippen LogP contribution >= 0.6 is 0 Å². The fourth-order valence-electron chi connectivity index (χ4n) is 1.94. The molecule has 2 nitrogen and oxygen atoms in total. The van der Waals surface area contributed by atoms with Crippen molar-refractivity contribution < 1.29 is 9.53 Å². The van der Waals surface area contributed by atoms with Gasteiger partial charge in [0.25, 0.3) is 0 Å². The molecule has 2 rings (SSSR count). The van der Waals surface area contributed by atoms with E-state index in [0.29, 0.717) is 5.57 Å². The first-order chi connectivity index (χ1) is 9.54. The molecule has 0 aromatic heterocycles. The van der Waals surface area contributed by atoms with E-state index < -0.39 is 11.6 Å². The minimum absolute atomic E-state index is 0.352. The number of hydrogen-bond donors (Lipinski definition) is 0. The van der Waals surface area contributed by atoms with E-state index in [1.807, 2.05) is 60.7 Å². The van der Waals surface area contributed by atoms with Crippen molar-refractivity contribution >= 4 is 5.97 Å². The summed E-state index contributed by atoms with van der Waals surface area (Å²) >= 11 is 0. The molecule has 0 aliphatic carbocycles. The Hall–Kier alpha value is -2.35. The maximum atomic E-state index is 11.9. The van der Waals surface area contributed by atoms with Crippen molar-refractivity contribution in [3.63, 3.8) is 0 Å². The standard InChI is InChI=1S/C18H17O2/c1-14(2)17(19)20-18(3,15-10-6-4-7-11-15)16-12-8-5-9-13-16/h4-13H,1,3H2,2H3. The second kappa shape index (κ2) is 5.74. The number of rotatable bonds is 4. The minimum atomic E-state index is -1.07. The van der Waals surface area contributed by atoms with E-state index in [2.05, 4.69) is 13.5 Å². The molecule has 0 unspecified atom stereocenters. The largest absolute Gasteiger partial charge is 0.446 e. The van der Waals surface area contributed by atoms with Crippen LogP contribution in [0.3, 0.4) is 0 Å². The Balaban J connectivity index is 2.49. The molecule has 0 N–H and O–H groups in total. The zero-order valence-electron chi connectivity index (χ0n) is 11.5. The molecule has 0 heterocycles. The van der Waals surface area contributed by atoms with Crippen LogP contribution in [0.15, 0.2) is 72.8 Å². The number of esters is 1. The van der Waals surface area contributed by atoms with Gasteiger partial charge in [0.1, 0.15) is 0 Å². The Kier molecular flexibility index (Phi) is 4.04. The Morgan fingerprint density at radius 1 is 0.950 bits per heavy atom. The average Bonchev–Trinajstić information content (AvgIpc) is 2.48. The summed E-state index contributed by atoms with van der Waals surface area (Å²) in [5.41, 5.74) is 0.921. The number of carbonyl (C=O) groups excluding carboxylic acids is 1. The lowest BCUT2D eigenvalue weighted by Gasteiger charge is -2.30. The van der Waals surface area contributed by atoms with E-state index in [-0.39, 0.29) is 0 Å². The minimum Gasteiger partial charge on any atom is -0.446 e. The number of hydrogen-bond acceptors (Lipinski definition) is 2. The summed E-state index contributed by atoms with van der Waals surface area (Å²) in [6, 6.07) is 19.0. The number of ether oxygens (including phenoxy) is 1. The third-order valence-corrected chi connectivity index (χ3v) is 3.10. The topological polar surface area (TPSA) is 26.3 Å². The lowest BCUT2D eigenvalue weighted by Crippen LogP contribution is -2.31. The van der Waals surface area contributed by atoms with E-state index >= 15 is 0 Å². The Morgan fingerprint density at radius 2 is 1.35 bits per heavy atom. The fraction of sp³-hybridized carbons (Fsp3) is 0.111. The summed E-state index contributed by atoms with van der Waals surface area (Å²) in [4.78, 5) is 11.9. The van der Waals surface area contributed by atoms with Crippen molar-refractivity contribution in [3.8, 4) is 0 Å². The zero-order valence-corrected chi connectivity index (χ0v) is 11.5. The van der Waals surface area contributed by atoms with Crippen LogP contribution in [-0.4, -0.2) is 5.97 Å². The highest BCUT2D eigenvalue weighted by Crippen LogP contribution is 2.33. The molecule has 20 heavy (non-hydrogen) atoms. The first kappa shape index (κ1) is 14.1. The van der Waals surface area contributed by atoms with Gasteiger partial charge in [-0.1, -0.05) is 67.2 Å². The van der Waals surface area contributed by atoms with Gasteiger partial charge in [-0.05, 0) is 6.92 Å². The smallest absolute Gasteiger partial charge is 0.334 e. The van der Waals surface area contributed by atoms with Crippen molar-refractivity contribution in [2.75, 3.05) is 0 Å². The number of carbonyl (C=O) groups is 1. The predicted molar refractivity (Wildman–Crippen MR) is 79.9 cm³/mol. The van der Waals surface area contributed by atoms with E-state index in [0.717, 1.165) is 11.1 Å². The summed E-state index contributed by atoms with van der Waals surface area (Å²) in [7, 11) is 0. The van der Waals surface area contributed by atoms with Gasteiger partial charge < -0.3 is 4.74 Å². The van der Waals surface area contributed by atoms with Crippen LogP contribution in [0.25, 0.3) is 0 Å². The molecular weight excluding hydrogens is 248 g/mol. The molecule has 0 fully saturated rings. The highest BCUT2D eigenvalue weighted by molar-refractivity contribution is 5.87. The summed E-state index contributed by atoms with van der Waals surface area (Å²) in [6.07, 6.45) is 0. The lowest BCUT2D eigenvalue weighted by atomic mass is 9.88. The van der Waals surface area contributed by atoms with Crippen LogP contribution in [-0.2, 0) is 15.1 Å². The Morgan fingerprint density at radius 3 is 1.70 bits per heavy atom. The first-order valence-corrected chi connectivity index (χ1v) is 6.39. The highest BCUT2D eigenvalue weighted by atomic mass is 16.6. The van der Waals surface area contributed by atoms with Gasteiger partial charge in [-0.25, -0.2) is 4.79 Å². The van der Waals surface area contributed by atoms with Crippen LogP contribution in [0.5, 0.6) is 0 Å². The lowest BCUT2D eigenvalue weighted by molar-refractivity contribution is -0.148. The third kappa shape index (κ3) is 2.80. The molecule has 101 valence electrons. The molecular formula is C18H17O2. The van der Waals surface area contributed by atoms with Gasteiger partial charge in [-0.2, -0.15) is 0 Å². The molecule has 1 radical (unpaired) electrons. The fourth-order valence-corrected chi connectivity index (χ4v) is 1.94. The van der Waals surface area contributed by atoms with Gasteiger partial charge in [-0.15, -0.1) is 0 Å². The van der Waals surface area contributed by atoms with Crippen molar-refractivity contribution in [1.29, 1.82) is 0 Å². The molecule has 0 amide bonds. The monoisotopic (exact) mass is 265 g/mol. The maximum absolute atomic E-state index is 11.9. The predicted octanol–water partition coefficient (Wildman–Crippen LogP) is 3.88. The van der Waals surface area contributed by atoms with Crippen LogP contribution in [0, 0.1) is 6.92 Å². The summed E-state index contributed by atoms with van der Waals surface area (Å²) in [6.45, 7) is 9.40. The molecule has 2 heteroatoms. The first-order valence-electron chi connectivity index (χ1n) is 6.39. The Bertz CT molecular complexity index is 560. The van der Waals surface area contributed by atoms with Crippen molar-refractivity contribution in [3.05, 3.63) is 90.9 Å². The van der Waals surface area contributed by atoms with Crippen molar-refractivity contribution in [2.24, 2.45) is 0 Å². The van der Waals surface area contributed by atoms with Crippen molar-refractivity contribution in [2.45, 2.75) is 12.5 Å². The SMILES string of the molecule is [CH2]C(OC(=O)C(=C)C)(c1ccccc1)c1ccccc1.